The maximum absolute atomic E-state index is 12.4. The molecule has 0 bridgehead atoms. The first-order valence-corrected chi connectivity index (χ1v) is 8.17. The van der Waals surface area contributed by atoms with E-state index in [9.17, 15) is 13.2 Å². The molecule has 2 heterocycles. The lowest BCUT2D eigenvalue weighted by Crippen LogP contribution is -2.34. The van der Waals surface area contributed by atoms with Crippen LogP contribution >= 0.6 is 23.2 Å². The van der Waals surface area contributed by atoms with Crippen LogP contribution in [-0.2, 0) is 21.6 Å². The third-order valence-corrected chi connectivity index (χ3v) is 4.43. The van der Waals surface area contributed by atoms with Gasteiger partial charge in [-0.2, -0.15) is 18.3 Å². The molecule has 3 rings (SSSR count). The lowest BCUT2D eigenvalue weighted by molar-refractivity contribution is -0.239. The third-order valence-electron chi connectivity index (χ3n) is 3.88. The van der Waals surface area contributed by atoms with Gasteiger partial charge >= 0.3 is 6.18 Å². The number of halogens is 5. The quantitative estimate of drug-likeness (QED) is 0.761. The Hall–Kier alpha value is -1.35. The minimum atomic E-state index is -4.42. The molecule has 25 heavy (non-hydrogen) atoms. The van der Waals surface area contributed by atoms with Crippen LogP contribution in [0.25, 0.3) is 0 Å². The van der Waals surface area contributed by atoms with Crippen molar-refractivity contribution >= 4 is 23.2 Å². The minimum Gasteiger partial charge on any atom is -0.343 e. The summed E-state index contributed by atoms with van der Waals surface area (Å²) < 4.78 is 49.5. The maximum Gasteiger partial charge on any atom is 0.411 e. The number of nitrogens with zero attached hydrogens (tertiary/aromatic N) is 3. The molecule has 10 heteroatoms. The SMILES string of the molecule is FC(F)(F)COC1CCC(Cn2cncn2)(c2ccc(Cl)cc2Cl)O1. The molecule has 0 aliphatic carbocycles. The molecule has 0 N–H and O–H groups in total. The summed E-state index contributed by atoms with van der Waals surface area (Å²) in [6.07, 6.45) is -1.83. The van der Waals surface area contributed by atoms with Gasteiger partial charge in [0.2, 0.25) is 0 Å². The van der Waals surface area contributed by atoms with Gasteiger partial charge in [0, 0.05) is 22.0 Å². The second-order valence-electron chi connectivity index (χ2n) is 5.72. The molecular weight excluding hydrogens is 382 g/mol. The van der Waals surface area contributed by atoms with Gasteiger partial charge in [0.05, 0.1) is 6.54 Å². The molecule has 1 aliphatic rings. The van der Waals surface area contributed by atoms with E-state index in [-0.39, 0.29) is 6.54 Å². The number of aromatic nitrogens is 3. The van der Waals surface area contributed by atoms with E-state index in [0.717, 1.165) is 0 Å². The smallest absolute Gasteiger partial charge is 0.343 e. The predicted molar refractivity (Wildman–Crippen MR) is 84.3 cm³/mol. The minimum absolute atomic E-state index is 0.236. The van der Waals surface area contributed by atoms with E-state index in [0.29, 0.717) is 28.5 Å². The first kappa shape index (κ1) is 18.4. The molecule has 2 unspecified atom stereocenters. The van der Waals surface area contributed by atoms with Crippen molar-refractivity contribution in [3.63, 3.8) is 0 Å². The van der Waals surface area contributed by atoms with Gasteiger partial charge in [-0.05, 0) is 18.6 Å². The molecule has 1 aromatic heterocycles. The van der Waals surface area contributed by atoms with Crippen molar-refractivity contribution in [2.75, 3.05) is 6.61 Å². The van der Waals surface area contributed by atoms with Crippen LogP contribution in [0.3, 0.4) is 0 Å². The van der Waals surface area contributed by atoms with Gasteiger partial charge in [-0.25, -0.2) is 9.67 Å². The molecule has 2 aromatic rings. The van der Waals surface area contributed by atoms with E-state index in [1.54, 1.807) is 18.2 Å². The summed E-state index contributed by atoms with van der Waals surface area (Å²) in [4.78, 5) is 3.88. The summed E-state index contributed by atoms with van der Waals surface area (Å²) in [5.74, 6) is 0. The first-order chi connectivity index (χ1) is 11.8. The highest BCUT2D eigenvalue weighted by molar-refractivity contribution is 6.35. The average Bonchev–Trinajstić information content (AvgIpc) is 3.15. The van der Waals surface area contributed by atoms with Crippen molar-refractivity contribution in [1.29, 1.82) is 0 Å². The van der Waals surface area contributed by atoms with Gasteiger partial charge in [0.15, 0.2) is 6.29 Å². The molecule has 0 amide bonds. The van der Waals surface area contributed by atoms with Gasteiger partial charge < -0.3 is 9.47 Å². The Labute approximate surface area is 151 Å². The lowest BCUT2D eigenvalue weighted by atomic mass is 9.90. The predicted octanol–water partition coefficient (Wildman–Crippen LogP) is 4.20. The molecular formula is C15H14Cl2F3N3O2. The van der Waals surface area contributed by atoms with Crippen LogP contribution in [0.15, 0.2) is 30.9 Å². The van der Waals surface area contributed by atoms with Gasteiger partial charge in [-0.3, -0.25) is 0 Å². The Bertz CT molecular complexity index is 727. The highest BCUT2D eigenvalue weighted by Crippen LogP contribution is 2.44. The van der Waals surface area contributed by atoms with Crippen molar-refractivity contribution in [2.24, 2.45) is 0 Å². The molecule has 0 spiro atoms. The fraction of sp³-hybridized carbons (Fsp3) is 0.467. The molecule has 0 saturated carbocycles. The van der Waals surface area contributed by atoms with E-state index < -0.39 is 24.7 Å². The second kappa shape index (κ2) is 7.11. The molecule has 0 radical (unpaired) electrons. The largest absolute Gasteiger partial charge is 0.411 e. The monoisotopic (exact) mass is 395 g/mol. The first-order valence-electron chi connectivity index (χ1n) is 7.42. The van der Waals surface area contributed by atoms with Crippen LogP contribution in [0.1, 0.15) is 18.4 Å². The maximum atomic E-state index is 12.4. The van der Waals surface area contributed by atoms with E-state index in [2.05, 4.69) is 10.1 Å². The number of alkyl halides is 3. The molecule has 2 atom stereocenters. The van der Waals surface area contributed by atoms with Crippen LogP contribution in [0.4, 0.5) is 13.2 Å². The van der Waals surface area contributed by atoms with Gasteiger partial charge in [0.25, 0.3) is 0 Å². The summed E-state index contributed by atoms with van der Waals surface area (Å²) in [5.41, 5.74) is -0.363. The summed E-state index contributed by atoms with van der Waals surface area (Å²) in [6, 6.07) is 4.92. The van der Waals surface area contributed by atoms with Crippen LogP contribution in [-0.4, -0.2) is 33.8 Å². The van der Waals surface area contributed by atoms with E-state index in [1.165, 1.54) is 17.3 Å². The Balaban J connectivity index is 1.86. The number of ether oxygens (including phenoxy) is 2. The van der Waals surface area contributed by atoms with Crippen molar-refractivity contribution in [3.8, 4) is 0 Å². The van der Waals surface area contributed by atoms with Crippen molar-refractivity contribution < 1.29 is 22.6 Å². The molecule has 1 fully saturated rings. The summed E-state index contributed by atoms with van der Waals surface area (Å²) >= 11 is 12.2. The summed E-state index contributed by atoms with van der Waals surface area (Å²) in [7, 11) is 0. The van der Waals surface area contributed by atoms with Crippen molar-refractivity contribution in [3.05, 3.63) is 46.5 Å². The summed E-state index contributed by atoms with van der Waals surface area (Å²) in [5, 5.41) is 4.86. The van der Waals surface area contributed by atoms with Crippen molar-refractivity contribution in [2.45, 2.75) is 37.5 Å². The van der Waals surface area contributed by atoms with Crippen LogP contribution in [0.2, 0.25) is 10.0 Å². The fourth-order valence-corrected chi connectivity index (χ4v) is 3.44. The second-order valence-corrected chi connectivity index (χ2v) is 6.57. The van der Waals surface area contributed by atoms with Crippen LogP contribution in [0.5, 0.6) is 0 Å². The highest BCUT2D eigenvalue weighted by atomic mass is 35.5. The molecule has 5 nitrogen and oxygen atoms in total. The van der Waals surface area contributed by atoms with E-state index >= 15 is 0 Å². The van der Waals surface area contributed by atoms with Gasteiger partial charge in [-0.1, -0.05) is 29.3 Å². The zero-order chi connectivity index (χ0) is 18.1. The van der Waals surface area contributed by atoms with Crippen molar-refractivity contribution in [1.82, 2.24) is 14.8 Å². The molecule has 136 valence electrons. The van der Waals surface area contributed by atoms with E-state index in [1.807, 2.05) is 0 Å². The molecule has 1 aromatic carbocycles. The van der Waals surface area contributed by atoms with Crippen LogP contribution in [0, 0.1) is 0 Å². The van der Waals surface area contributed by atoms with Gasteiger partial charge in [-0.15, -0.1) is 0 Å². The normalized spacial score (nSPS) is 24.0. The average molecular weight is 396 g/mol. The van der Waals surface area contributed by atoms with E-state index in [4.69, 9.17) is 32.7 Å². The fourth-order valence-electron chi connectivity index (χ4n) is 2.86. The number of rotatable bonds is 5. The zero-order valence-electron chi connectivity index (χ0n) is 12.8. The molecule has 1 aliphatic heterocycles. The Morgan fingerprint density at radius 3 is 2.80 bits per heavy atom. The standard InChI is InChI=1S/C15H14Cl2F3N3O2/c16-10-1-2-11(12(17)5-10)14(6-23-9-21-8-22-23)4-3-13(25-14)24-7-15(18,19)20/h1-2,5,8-9,13H,3-4,6-7H2. The zero-order valence-corrected chi connectivity index (χ0v) is 14.4. The lowest BCUT2D eigenvalue weighted by Gasteiger charge is -2.30. The Morgan fingerprint density at radius 2 is 2.16 bits per heavy atom. The summed E-state index contributed by atoms with van der Waals surface area (Å²) in [6.45, 7) is -1.13. The Morgan fingerprint density at radius 1 is 1.36 bits per heavy atom. The highest BCUT2D eigenvalue weighted by Gasteiger charge is 2.45. The number of benzene rings is 1. The molecule has 1 saturated heterocycles. The topological polar surface area (TPSA) is 49.2 Å². The van der Waals surface area contributed by atoms with Crippen LogP contribution < -0.4 is 0 Å². The van der Waals surface area contributed by atoms with Gasteiger partial charge in [0.1, 0.15) is 24.9 Å². The number of hydrogen-bond donors (Lipinski definition) is 0. The number of hydrogen-bond acceptors (Lipinski definition) is 4. The third kappa shape index (κ3) is 4.44. The Kier molecular flexibility index (Phi) is 5.24.